The average molecular weight is 669 g/mol. The summed E-state index contributed by atoms with van der Waals surface area (Å²) in [5, 5.41) is 55.7. The second-order valence-electron chi connectivity index (χ2n) is 12.5. The fraction of sp³-hybridized carbons (Fsp3) is 0.485. The van der Waals surface area contributed by atoms with E-state index < -0.39 is 60.1 Å². The van der Waals surface area contributed by atoms with Crippen molar-refractivity contribution in [1.29, 1.82) is 0 Å². The number of hydrogen-bond acceptors (Lipinski definition) is 9. The summed E-state index contributed by atoms with van der Waals surface area (Å²) in [6, 6.07) is 7.78. The molecule has 7 atom stereocenters. The van der Waals surface area contributed by atoms with Crippen LogP contribution in [0.2, 0.25) is 0 Å². The van der Waals surface area contributed by atoms with Gasteiger partial charge < -0.3 is 52.5 Å². The van der Waals surface area contributed by atoms with Crippen LogP contribution >= 0.6 is 0 Å². The molecule has 1 heterocycles. The largest absolute Gasteiger partial charge is 0.508 e. The zero-order chi connectivity index (χ0) is 35.0. The molecule has 15 heteroatoms. The monoisotopic (exact) mass is 668 g/mol. The number of hydrogen-bond donors (Lipinski definition) is 9. The molecule has 48 heavy (non-hydrogen) atoms. The van der Waals surface area contributed by atoms with Crippen molar-refractivity contribution >= 4 is 29.7 Å². The summed E-state index contributed by atoms with van der Waals surface area (Å²) in [5.41, 5.74) is 11.8. The summed E-state index contributed by atoms with van der Waals surface area (Å²) in [5.74, 6) is -3.69. The quantitative estimate of drug-likeness (QED) is 0.0703. The number of aromatic hydroxyl groups is 2. The Morgan fingerprint density at radius 1 is 0.875 bits per heavy atom. The third-order valence-electron chi connectivity index (χ3n) is 8.92. The minimum absolute atomic E-state index is 0.00317. The van der Waals surface area contributed by atoms with Gasteiger partial charge in [0.15, 0.2) is 5.96 Å². The Balaban J connectivity index is 1.59. The van der Waals surface area contributed by atoms with Gasteiger partial charge in [-0.15, -0.1) is 0 Å². The molecule has 2 aliphatic rings. The van der Waals surface area contributed by atoms with Crippen molar-refractivity contribution in [3.05, 3.63) is 59.7 Å². The molecule has 0 bridgehead atoms. The number of rotatable bonds is 14. The number of aliphatic hydroxyl groups is 2. The summed E-state index contributed by atoms with van der Waals surface area (Å²) in [6.07, 6.45) is -0.664. The number of nitrogens with one attached hydrogen (secondary N) is 2. The standard InChI is InChI=1S/C33H44N6O9/c34-33(35)36-13-1-2-24(32(47)48)37-29(44)27-16-20-7-12-23(42)17-26(20)39(27)31(46)25(14-18-3-8-21(40)9-4-18)38-30(45)28(43)15-19-5-10-22(41)11-6-19/h3-6,8-11,20,23-28,40-43H,1-2,7,12-17H2,(H,37,44)(H,38,45)(H,47,48)(H4,34,35,36)/t20-,23+,24-,25+,26-,27-,28+/m0/s1. The lowest BCUT2D eigenvalue weighted by atomic mass is 9.83. The van der Waals surface area contributed by atoms with Crippen LogP contribution in [0.5, 0.6) is 11.5 Å². The fourth-order valence-electron chi connectivity index (χ4n) is 6.48. The molecule has 0 radical (unpaired) electrons. The van der Waals surface area contributed by atoms with Crippen LogP contribution in [-0.4, -0.2) is 103 Å². The lowest BCUT2D eigenvalue weighted by Crippen LogP contribution is -2.59. The number of amides is 3. The Morgan fingerprint density at radius 3 is 2.06 bits per heavy atom. The highest BCUT2D eigenvalue weighted by Crippen LogP contribution is 2.40. The Kier molecular flexibility index (Phi) is 12.2. The van der Waals surface area contributed by atoms with E-state index >= 15 is 0 Å². The Hall–Kier alpha value is -4.89. The zero-order valence-electron chi connectivity index (χ0n) is 26.4. The molecular weight excluding hydrogens is 624 g/mol. The third kappa shape index (κ3) is 9.58. The molecule has 15 nitrogen and oxygen atoms in total. The van der Waals surface area contributed by atoms with E-state index in [1.54, 1.807) is 24.3 Å². The normalized spacial score (nSPS) is 22.1. The molecule has 4 rings (SSSR count). The minimum Gasteiger partial charge on any atom is -0.508 e. The maximum atomic E-state index is 14.5. The van der Waals surface area contributed by atoms with Crippen molar-refractivity contribution in [2.24, 2.45) is 22.4 Å². The number of nitrogens with two attached hydrogens (primary N) is 2. The molecule has 1 saturated heterocycles. The number of carboxylic acid groups (broad SMARTS) is 1. The maximum Gasteiger partial charge on any atom is 0.326 e. The number of aliphatic carboxylic acids is 1. The smallest absolute Gasteiger partial charge is 0.326 e. The number of fused-ring (bicyclic) bond motifs is 1. The number of carboxylic acids is 1. The SMILES string of the molecule is NC(N)=NCCC[C@H](NC(=O)[C@@H]1C[C@@H]2CC[C@@H](O)C[C@@H]2N1C(=O)[C@@H](Cc1ccc(O)cc1)NC(=O)[C@H](O)Cc1ccc(O)cc1)C(=O)O. The minimum atomic E-state index is -1.55. The van der Waals surface area contributed by atoms with Gasteiger partial charge in [0.05, 0.1) is 6.10 Å². The third-order valence-corrected chi connectivity index (χ3v) is 8.92. The van der Waals surface area contributed by atoms with Crippen molar-refractivity contribution in [2.75, 3.05) is 6.54 Å². The van der Waals surface area contributed by atoms with Gasteiger partial charge >= 0.3 is 5.97 Å². The first-order valence-corrected chi connectivity index (χ1v) is 16.0. The highest BCUT2D eigenvalue weighted by atomic mass is 16.4. The van der Waals surface area contributed by atoms with Crippen LogP contribution in [0.3, 0.4) is 0 Å². The molecular formula is C33H44N6O9. The number of phenolic OH excluding ortho intramolecular Hbond substituents is 2. The van der Waals surface area contributed by atoms with Gasteiger partial charge in [-0.25, -0.2) is 4.79 Å². The summed E-state index contributed by atoms with van der Waals surface area (Å²) in [7, 11) is 0. The zero-order valence-corrected chi connectivity index (χ0v) is 26.4. The van der Waals surface area contributed by atoms with Crippen LogP contribution in [0.1, 0.15) is 49.7 Å². The van der Waals surface area contributed by atoms with Gasteiger partial charge in [-0.1, -0.05) is 24.3 Å². The lowest BCUT2D eigenvalue weighted by Gasteiger charge is -2.37. The molecule has 2 aromatic rings. The molecule has 260 valence electrons. The van der Waals surface area contributed by atoms with Crippen LogP contribution in [0.4, 0.5) is 0 Å². The lowest BCUT2D eigenvalue weighted by molar-refractivity contribution is -0.147. The summed E-state index contributed by atoms with van der Waals surface area (Å²) in [6.45, 7) is 0.162. The number of likely N-dealkylation sites (tertiary alicyclic amines) is 1. The summed E-state index contributed by atoms with van der Waals surface area (Å²) < 4.78 is 0. The van der Waals surface area contributed by atoms with Crippen molar-refractivity contribution in [3.8, 4) is 11.5 Å². The number of aliphatic hydroxyl groups excluding tert-OH is 2. The molecule has 3 amide bonds. The Bertz CT molecular complexity index is 1460. The number of nitrogens with zero attached hydrogens (tertiary/aromatic N) is 2. The van der Waals surface area contributed by atoms with E-state index in [2.05, 4.69) is 15.6 Å². The van der Waals surface area contributed by atoms with E-state index in [4.69, 9.17) is 11.5 Å². The second-order valence-corrected chi connectivity index (χ2v) is 12.5. The van der Waals surface area contributed by atoms with Crippen molar-refractivity contribution in [1.82, 2.24) is 15.5 Å². The number of aliphatic imine (C=N–C) groups is 1. The highest BCUT2D eigenvalue weighted by molar-refractivity contribution is 5.95. The summed E-state index contributed by atoms with van der Waals surface area (Å²) >= 11 is 0. The first-order valence-electron chi connectivity index (χ1n) is 16.0. The van der Waals surface area contributed by atoms with E-state index in [9.17, 15) is 44.7 Å². The van der Waals surface area contributed by atoms with Gasteiger partial charge in [0.25, 0.3) is 0 Å². The number of benzene rings is 2. The van der Waals surface area contributed by atoms with E-state index in [0.29, 0.717) is 24.0 Å². The predicted octanol–water partition coefficient (Wildman–Crippen LogP) is -0.518. The van der Waals surface area contributed by atoms with Gasteiger partial charge in [-0.3, -0.25) is 19.4 Å². The van der Waals surface area contributed by atoms with Crippen molar-refractivity contribution in [2.45, 2.75) is 87.7 Å². The van der Waals surface area contributed by atoms with E-state index in [-0.39, 0.29) is 68.4 Å². The van der Waals surface area contributed by atoms with E-state index in [0.717, 1.165) is 0 Å². The van der Waals surface area contributed by atoms with Gasteiger partial charge in [0.1, 0.15) is 35.7 Å². The number of guanidine groups is 1. The molecule has 0 aromatic heterocycles. The van der Waals surface area contributed by atoms with E-state index in [1.165, 1.54) is 29.2 Å². The fourth-order valence-corrected chi connectivity index (χ4v) is 6.48. The number of phenols is 2. The van der Waals surface area contributed by atoms with Crippen molar-refractivity contribution < 1.29 is 44.7 Å². The number of carbonyl (C=O) groups excluding carboxylic acids is 3. The Labute approximate surface area is 277 Å². The van der Waals surface area contributed by atoms with Gasteiger partial charge in [-0.05, 0) is 79.8 Å². The maximum absolute atomic E-state index is 14.5. The second kappa shape index (κ2) is 16.3. The first kappa shape index (κ1) is 36.0. The van der Waals surface area contributed by atoms with Gasteiger partial charge in [0, 0.05) is 25.4 Å². The van der Waals surface area contributed by atoms with Crippen molar-refractivity contribution in [3.63, 3.8) is 0 Å². The van der Waals surface area contributed by atoms with Crippen LogP contribution in [-0.2, 0) is 32.0 Å². The Morgan fingerprint density at radius 2 is 1.48 bits per heavy atom. The van der Waals surface area contributed by atoms with Gasteiger partial charge in [-0.2, -0.15) is 0 Å². The van der Waals surface area contributed by atoms with E-state index in [1.807, 2.05) is 0 Å². The molecule has 1 aliphatic carbocycles. The molecule has 0 unspecified atom stereocenters. The summed E-state index contributed by atoms with van der Waals surface area (Å²) in [4.78, 5) is 58.8. The molecule has 11 N–H and O–H groups in total. The predicted molar refractivity (Wildman–Crippen MR) is 173 cm³/mol. The molecule has 2 fully saturated rings. The highest BCUT2D eigenvalue weighted by Gasteiger charge is 2.50. The van der Waals surface area contributed by atoms with Crippen LogP contribution in [0, 0.1) is 5.92 Å². The topological polar surface area (TPSA) is 261 Å². The van der Waals surface area contributed by atoms with Crippen LogP contribution in [0.15, 0.2) is 53.5 Å². The first-order chi connectivity index (χ1) is 22.8. The molecule has 0 spiro atoms. The molecule has 1 saturated carbocycles. The molecule has 1 aliphatic heterocycles. The van der Waals surface area contributed by atoms with Crippen LogP contribution < -0.4 is 22.1 Å². The van der Waals surface area contributed by atoms with Gasteiger partial charge in [0.2, 0.25) is 17.7 Å². The molecule has 2 aromatic carbocycles. The number of carbonyl (C=O) groups is 4. The average Bonchev–Trinajstić information content (AvgIpc) is 3.42. The van der Waals surface area contributed by atoms with Crippen LogP contribution in [0.25, 0.3) is 0 Å².